The summed E-state index contributed by atoms with van der Waals surface area (Å²) in [5, 5.41) is 25.7. The zero-order chi connectivity index (χ0) is 35.1. The van der Waals surface area contributed by atoms with Crippen LogP contribution >= 0.6 is 23.2 Å². The van der Waals surface area contributed by atoms with Crippen molar-refractivity contribution in [1.29, 1.82) is 0 Å². The highest BCUT2D eigenvalue weighted by atomic mass is 35.5. The Hall–Kier alpha value is -5.07. The number of rotatable bonds is 13. The highest BCUT2D eigenvalue weighted by Crippen LogP contribution is 2.40. The van der Waals surface area contributed by atoms with Crippen LogP contribution in [0.5, 0.6) is 11.5 Å². The number of carbonyl (C=O) groups is 4. The number of benzene rings is 3. The zero-order valence-electron chi connectivity index (χ0n) is 26.5. The van der Waals surface area contributed by atoms with Crippen LogP contribution < -0.4 is 19.7 Å². The number of halogens is 2. The van der Waals surface area contributed by atoms with Crippen molar-refractivity contribution in [3.63, 3.8) is 0 Å². The molecule has 0 aliphatic carbocycles. The first kappa shape index (κ1) is 35.2. The topological polar surface area (TPSA) is 160 Å². The molecule has 1 aliphatic rings. The third-order valence-corrected chi connectivity index (χ3v) is 8.70. The van der Waals surface area contributed by atoms with Crippen LogP contribution in [-0.4, -0.2) is 69.5 Å². The maximum absolute atomic E-state index is 13.4. The number of amides is 2. The number of carboxylic acid groups (broad SMARTS) is 2. The number of nitrogens with one attached hydrogen (secondary N) is 1. The molecule has 0 bridgehead atoms. The van der Waals surface area contributed by atoms with Crippen LogP contribution in [0.1, 0.15) is 47.2 Å². The molecule has 12 nitrogen and oxygen atoms in total. The summed E-state index contributed by atoms with van der Waals surface area (Å²) >= 11 is 12.7. The Bertz CT molecular complexity index is 1880. The van der Waals surface area contributed by atoms with Gasteiger partial charge in [-0.3, -0.25) is 19.1 Å². The van der Waals surface area contributed by atoms with E-state index in [1.54, 1.807) is 27.9 Å². The van der Waals surface area contributed by atoms with E-state index in [2.05, 4.69) is 10.4 Å². The molecule has 0 unspecified atom stereocenters. The molecule has 256 valence electrons. The van der Waals surface area contributed by atoms with Gasteiger partial charge in [0, 0.05) is 51.5 Å². The molecule has 49 heavy (non-hydrogen) atoms. The summed E-state index contributed by atoms with van der Waals surface area (Å²) in [4.78, 5) is 50.0. The van der Waals surface area contributed by atoms with Crippen LogP contribution in [0.25, 0.3) is 11.1 Å². The van der Waals surface area contributed by atoms with Crippen molar-refractivity contribution < 1.29 is 38.9 Å². The van der Waals surface area contributed by atoms with E-state index in [1.807, 2.05) is 43.5 Å². The summed E-state index contributed by atoms with van der Waals surface area (Å²) in [7, 11) is 0. The molecular formula is C35H34Cl2N4O8. The Morgan fingerprint density at radius 1 is 1.06 bits per heavy atom. The van der Waals surface area contributed by atoms with E-state index < -0.39 is 30.3 Å². The molecule has 0 saturated heterocycles. The second-order valence-electron chi connectivity index (χ2n) is 11.4. The molecule has 14 heteroatoms. The fourth-order valence-electron chi connectivity index (χ4n) is 5.37. The van der Waals surface area contributed by atoms with Crippen LogP contribution in [-0.2, 0) is 20.9 Å². The van der Waals surface area contributed by atoms with Gasteiger partial charge in [-0.15, -0.1) is 0 Å². The fraction of sp³-hybridized carbons (Fsp3) is 0.286. The van der Waals surface area contributed by atoms with Gasteiger partial charge in [0.1, 0.15) is 11.8 Å². The summed E-state index contributed by atoms with van der Waals surface area (Å²) < 4.78 is 13.7. The molecule has 0 fully saturated rings. The smallest absolute Gasteiger partial charge is 0.326 e. The molecule has 0 spiro atoms. The van der Waals surface area contributed by atoms with Gasteiger partial charge in [0.15, 0.2) is 5.75 Å². The second kappa shape index (κ2) is 15.9. The van der Waals surface area contributed by atoms with Gasteiger partial charge in [-0.1, -0.05) is 47.5 Å². The highest BCUT2D eigenvalue weighted by Gasteiger charge is 2.26. The van der Waals surface area contributed by atoms with Gasteiger partial charge in [0.25, 0.3) is 5.91 Å². The molecule has 3 aromatic carbocycles. The fourth-order valence-corrected chi connectivity index (χ4v) is 5.78. The van der Waals surface area contributed by atoms with E-state index in [0.29, 0.717) is 66.8 Å². The van der Waals surface area contributed by atoms with Crippen molar-refractivity contribution in [2.24, 2.45) is 0 Å². The third kappa shape index (κ3) is 8.70. The summed E-state index contributed by atoms with van der Waals surface area (Å²) in [5.74, 6) is -2.31. The first-order valence-electron chi connectivity index (χ1n) is 15.5. The standard InChI is InChI=1S/C35H34Cl2N4O8/c1-21-26(36)7-3-9-30(21)48-14-4-10-31(42)41-13-5-15-49-33-25(6-2-8-29(33)41)24-18-38-40(20-24)19-23-12-11-22(16-27(23)37)34(45)39-28(35(46)47)17-32(43)44/h2-3,6-9,11-12,16,18,20,28H,4-5,10,13-15,17,19H2,1H3,(H,39,45)(H,43,44)(H,46,47)/t28-/m0/s1. The number of carbonyl (C=O) groups excluding carboxylic acids is 2. The molecule has 1 aromatic heterocycles. The SMILES string of the molecule is Cc1c(Cl)cccc1OCCCC(=O)N1CCCOc2c(-c3cnn(Cc4ccc(C(=O)N[C@@H](CC(=O)O)C(=O)O)cc4Cl)c3)cccc21. The molecule has 1 aliphatic heterocycles. The first-order chi connectivity index (χ1) is 23.5. The number of fused-ring (bicyclic) bond motifs is 1. The lowest BCUT2D eigenvalue weighted by Crippen LogP contribution is -2.42. The lowest BCUT2D eigenvalue weighted by molar-refractivity contribution is -0.145. The number of hydrogen-bond donors (Lipinski definition) is 3. The van der Waals surface area contributed by atoms with Crippen molar-refractivity contribution in [1.82, 2.24) is 15.1 Å². The number of hydrogen-bond acceptors (Lipinski definition) is 7. The Morgan fingerprint density at radius 3 is 2.61 bits per heavy atom. The van der Waals surface area contributed by atoms with Gasteiger partial charge in [-0.2, -0.15) is 5.10 Å². The van der Waals surface area contributed by atoms with Gasteiger partial charge in [0.2, 0.25) is 5.91 Å². The van der Waals surface area contributed by atoms with Crippen molar-refractivity contribution in [2.75, 3.05) is 24.7 Å². The van der Waals surface area contributed by atoms with Crippen molar-refractivity contribution in [2.45, 2.75) is 45.2 Å². The minimum atomic E-state index is -1.59. The lowest BCUT2D eigenvalue weighted by Gasteiger charge is -2.23. The average Bonchev–Trinajstić information content (AvgIpc) is 3.42. The second-order valence-corrected chi connectivity index (χ2v) is 12.2. The lowest BCUT2D eigenvalue weighted by atomic mass is 10.1. The number of para-hydroxylation sites is 1. The number of aliphatic carboxylic acids is 2. The van der Waals surface area contributed by atoms with Gasteiger partial charge < -0.3 is 29.9 Å². The highest BCUT2D eigenvalue weighted by molar-refractivity contribution is 6.32. The van der Waals surface area contributed by atoms with Crippen LogP contribution in [0.3, 0.4) is 0 Å². The van der Waals surface area contributed by atoms with Gasteiger partial charge >= 0.3 is 11.9 Å². The van der Waals surface area contributed by atoms with Crippen LogP contribution in [0, 0.1) is 6.92 Å². The normalized spacial score (nSPS) is 13.1. The Kier molecular flexibility index (Phi) is 11.4. The average molecular weight is 710 g/mol. The number of carboxylic acids is 2. The monoisotopic (exact) mass is 708 g/mol. The minimum absolute atomic E-state index is 0.0295. The molecule has 0 radical (unpaired) electrons. The predicted molar refractivity (Wildman–Crippen MR) is 183 cm³/mol. The summed E-state index contributed by atoms with van der Waals surface area (Å²) in [6.45, 7) is 3.49. The van der Waals surface area contributed by atoms with Crippen molar-refractivity contribution in [3.8, 4) is 22.6 Å². The van der Waals surface area contributed by atoms with Crippen LogP contribution in [0.15, 0.2) is 67.0 Å². The zero-order valence-corrected chi connectivity index (χ0v) is 28.0. The Labute approximate surface area is 292 Å². The van der Waals surface area contributed by atoms with E-state index in [9.17, 15) is 24.3 Å². The largest absolute Gasteiger partial charge is 0.493 e. The van der Waals surface area contributed by atoms with E-state index in [1.165, 1.54) is 12.1 Å². The maximum Gasteiger partial charge on any atom is 0.326 e. The molecule has 5 rings (SSSR count). The van der Waals surface area contributed by atoms with Crippen molar-refractivity contribution in [3.05, 3.63) is 93.7 Å². The number of anilines is 1. The third-order valence-electron chi connectivity index (χ3n) is 7.94. The van der Waals surface area contributed by atoms with Crippen molar-refractivity contribution >= 4 is 52.6 Å². The molecule has 3 N–H and O–H groups in total. The number of nitrogens with zero attached hydrogens (tertiary/aromatic N) is 3. The van der Waals surface area contributed by atoms with Crippen LogP contribution in [0.4, 0.5) is 5.69 Å². The summed E-state index contributed by atoms with van der Waals surface area (Å²) in [6.07, 6.45) is 4.25. The number of ether oxygens (including phenoxy) is 2. The quantitative estimate of drug-likeness (QED) is 0.145. The minimum Gasteiger partial charge on any atom is -0.493 e. The molecule has 1 atom stereocenters. The van der Waals surface area contributed by atoms with E-state index >= 15 is 0 Å². The maximum atomic E-state index is 13.4. The summed E-state index contributed by atoms with van der Waals surface area (Å²) in [5.41, 5.74) is 3.81. The molecule has 0 saturated carbocycles. The predicted octanol–water partition coefficient (Wildman–Crippen LogP) is 5.85. The number of aromatic nitrogens is 2. The van der Waals surface area contributed by atoms with E-state index in [-0.39, 0.29) is 23.0 Å². The summed E-state index contributed by atoms with van der Waals surface area (Å²) in [6, 6.07) is 14.0. The molecule has 2 heterocycles. The van der Waals surface area contributed by atoms with E-state index in [0.717, 1.165) is 16.7 Å². The van der Waals surface area contributed by atoms with Crippen LogP contribution in [0.2, 0.25) is 10.0 Å². The molecular weight excluding hydrogens is 675 g/mol. The first-order valence-corrected chi connectivity index (χ1v) is 16.3. The Balaban J connectivity index is 1.25. The van der Waals surface area contributed by atoms with Gasteiger partial charge in [-0.05, 0) is 55.7 Å². The Morgan fingerprint density at radius 2 is 1.86 bits per heavy atom. The molecule has 2 amide bonds. The molecule has 4 aromatic rings. The van der Waals surface area contributed by atoms with E-state index in [4.69, 9.17) is 37.8 Å². The van der Waals surface area contributed by atoms with Gasteiger partial charge in [0.05, 0.1) is 38.1 Å². The van der Waals surface area contributed by atoms with Gasteiger partial charge in [-0.25, -0.2) is 4.79 Å².